The third-order valence-electron chi connectivity index (χ3n) is 5.18. The minimum absolute atomic E-state index is 0.162. The van der Waals surface area contributed by atoms with Crippen molar-refractivity contribution in [1.29, 1.82) is 0 Å². The number of H-pyrrole nitrogens is 1. The lowest BCUT2D eigenvalue weighted by Crippen LogP contribution is -2.42. The maximum atomic E-state index is 11.9. The number of amides is 1. The number of carbonyl (C=O) groups excluding carboxylic acids is 1. The fourth-order valence-corrected chi connectivity index (χ4v) is 3.44. The molecule has 7 nitrogen and oxygen atoms in total. The Balaban J connectivity index is 0.000000277. The summed E-state index contributed by atoms with van der Waals surface area (Å²) in [6.45, 7) is 8.66. The summed E-state index contributed by atoms with van der Waals surface area (Å²) in [5.41, 5.74) is 1.39. The first-order chi connectivity index (χ1) is 12.9. The zero-order chi connectivity index (χ0) is 20.1. The molecule has 1 heterocycles. The molecule has 1 atom stereocenters. The number of carbonyl (C=O) groups is 1. The van der Waals surface area contributed by atoms with Gasteiger partial charge in [0, 0.05) is 51.0 Å². The zero-order valence-corrected chi connectivity index (χ0v) is 17.8. The van der Waals surface area contributed by atoms with Crippen LogP contribution in [0.5, 0.6) is 0 Å². The highest BCUT2D eigenvalue weighted by atomic mass is 16.5. The van der Waals surface area contributed by atoms with Crippen molar-refractivity contribution in [3.8, 4) is 0 Å². The van der Waals surface area contributed by atoms with Gasteiger partial charge in [0.15, 0.2) is 0 Å². The van der Waals surface area contributed by atoms with Crippen molar-refractivity contribution in [3.63, 3.8) is 0 Å². The van der Waals surface area contributed by atoms with E-state index in [1.165, 1.54) is 18.4 Å². The fourth-order valence-electron chi connectivity index (χ4n) is 3.44. The Labute approximate surface area is 164 Å². The number of aromatic nitrogens is 2. The molecule has 27 heavy (non-hydrogen) atoms. The molecule has 1 aromatic heterocycles. The van der Waals surface area contributed by atoms with Gasteiger partial charge in [-0.2, -0.15) is 5.10 Å². The molecule has 2 rings (SSSR count). The van der Waals surface area contributed by atoms with Gasteiger partial charge in [-0.15, -0.1) is 0 Å². The molecule has 0 aliphatic heterocycles. The molecule has 1 aliphatic rings. The average Bonchev–Trinajstić information content (AvgIpc) is 3.13. The van der Waals surface area contributed by atoms with Crippen molar-refractivity contribution in [3.05, 3.63) is 18.0 Å². The van der Waals surface area contributed by atoms with E-state index >= 15 is 0 Å². The molecule has 0 radical (unpaired) electrons. The minimum atomic E-state index is 0.162. The summed E-state index contributed by atoms with van der Waals surface area (Å²) in [5.74, 6) is 0.389. The van der Waals surface area contributed by atoms with Crippen LogP contribution in [0.2, 0.25) is 0 Å². The number of hydrogen-bond donors (Lipinski definition) is 3. The molecule has 0 aromatic carbocycles. The second kappa shape index (κ2) is 12.9. The number of likely N-dealkylation sites (N-methyl/N-ethyl adjacent to an activating group) is 2. The summed E-state index contributed by atoms with van der Waals surface area (Å²) < 4.78 is 4.92. The topological polar surface area (TPSA) is 82.3 Å². The maximum absolute atomic E-state index is 11.9. The lowest BCUT2D eigenvalue weighted by Gasteiger charge is -2.37. The van der Waals surface area contributed by atoms with Crippen molar-refractivity contribution in [1.82, 2.24) is 25.7 Å². The largest absolute Gasteiger partial charge is 0.383 e. The van der Waals surface area contributed by atoms with Crippen LogP contribution in [0.1, 0.15) is 45.1 Å². The molecule has 1 amide bonds. The number of hydrogen-bond acceptors (Lipinski definition) is 5. The highest BCUT2D eigenvalue weighted by Gasteiger charge is 2.36. The third kappa shape index (κ3) is 9.35. The average molecular weight is 382 g/mol. The van der Waals surface area contributed by atoms with Gasteiger partial charge in [-0.25, -0.2) is 0 Å². The van der Waals surface area contributed by atoms with Gasteiger partial charge in [0.1, 0.15) is 0 Å². The summed E-state index contributed by atoms with van der Waals surface area (Å²) in [5, 5.41) is 12.7. The molecule has 0 bridgehead atoms. The minimum Gasteiger partial charge on any atom is -0.383 e. The second-order valence-corrected chi connectivity index (χ2v) is 8.02. The fraction of sp³-hybridized carbons (Fsp3) is 0.800. The summed E-state index contributed by atoms with van der Waals surface area (Å²) in [7, 11) is 5.72. The summed E-state index contributed by atoms with van der Waals surface area (Å²) in [4.78, 5) is 14.2. The summed E-state index contributed by atoms with van der Waals surface area (Å²) in [6, 6.07) is 0. The van der Waals surface area contributed by atoms with Crippen LogP contribution < -0.4 is 10.6 Å². The van der Waals surface area contributed by atoms with Gasteiger partial charge in [0.2, 0.25) is 5.91 Å². The predicted molar refractivity (Wildman–Crippen MR) is 109 cm³/mol. The number of nitrogens with one attached hydrogen (secondary N) is 3. The van der Waals surface area contributed by atoms with E-state index in [-0.39, 0.29) is 17.2 Å². The van der Waals surface area contributed by atoms with Crippen molar-refractivity contribution in [2.24, 2.45) is 11.3 Å². The molecule has 1 saturated carbocycles. The molecule has 1 fully saturated rings. The van der Waals surface area contributed by atoms with E-state index in [4.69, 9.17) is 4.74 Å². The maximum Gasteiger partial charge on any atom is 0.223 e. The zero-order valence-electron chi connectivity index (χ0n) is 17.8. The van der Waals surface area contributed by atoms with Crippen molar-refractivity contribution >= 4 is 5.91 Å². The molecule has 156 valence electrons. The highest BCUT2D eigenvalue weighted by Crippen LogP contribution is 2.40. The summed E-state index contributed by atoms with van der Waals surface area (Å²) in [6.07, 6.45) is 8.42. The van der Waals surface area contributed by atoms with E-state index in [0.29, 0.717) is 13.2 Å². The standard InChI is InChI=1S/C12H23NO2.C8H16N4/c1-12(2)7-5-4-6-10(12)11(14)13-8-9-15-3;1-9-3-4-12(2)7-8-5-10-11-6-8/h10H,4-9H2,1-3H3,(H,13,14);5-6,9H,3-4,7H2,1-2H3,(H,10,11). The van der Waals surface area contributed by atoms with Gasteiger partial charge in [-0.1, -0.05) is 26.7 Å². The van der Waals surface area contributed by atoms with Gasteiger partial charge in [0.25, 0.3) is 0 Å². The highest BCUT2D eigenvalue weighted by molar-refractivity contribution is 5.79. The first kappa shape index (κ1) is 23.6. The van der Waals surface area contributed by atoms with Crippen LogP contribution >= 0.6 is 0 Å². The number of rotatable bonds is 9. The number of aromatic amines is 1. The molecular formula is C20H39N5O2. The van der Waals surface area contributed by atoms with Crippen LogP contribution in [-0.2, 0) is 16.1 Å². The normalized spacial score (nSPS) is 18.7. The van der Waals surface area contributed by atoms with Gasteiger partial charge >= 0.3 is 0 Å². The Morgan fingerprint density at radius 1 is 1.41 bits per heavy atom. The SMILES string of the molecule is CNCCN(C)Cc1cn[nH]c1.COCCNC(=O)C1CCCCC1(C)C. The van der Waals surface area contributed by atoms with E-state index in [1.807, 2.05) is 19.4 Å². The quantitative estimate of drug-likeness (QED) is 0.570. The van der Waals surface area contributed by atoms with E-state index in [9.17, 15) is 4.79 Å². The first-order valence-electron chi connectivity index (χ1n) is 9.98. The smallest absolute Gasteiger partial charge is 0.223 e. The van der Waals surface area contributed by atoms with Crippen molar-refractivity contribution in [2.45, 2.75) is 46.1 Å². The Morgan fingerprint density at radius 2 is 2.19 bits per heavy atom. The van der Waals surface area contributed by atoms with Gasteiger partial charge in [-0.05, 0) is 32.4 Å². The Morgan fingerprint density at radius 3 is 2.78 bits per heavy atom. The monoisotopic (exact) mass is 381 g/mol. The first-order valence-corrected chi connectivity index (χ1v) is 9.98. The van der Waals surface area contributed by atoms with Crippen LogP contribution in [0.4, 0.5) is 0 Å². The van der Waals surface area contributed by atoms with Gasteiger partial charge < -0.3 is 20.3 Å². The van der Waals surface area contributed by atoms with Crippen LogP contribution in [0.15, 0.2) is 12.4 Å². The van der Waals surface area contributed by atoms with Crippen molar-refractivity contribution in [2.75, 3.05) is 47.4 Å². The number of methoxy groups -OCH3 is 1. The molecule has 1 unspecified atom stereocenters. The van der Waals surface area contributed by atoms with E-state index in [1.54, 1.807) is 7.11 Å². The van der Waals surface area contributed by atoms with Gasteiger partial charge in [0.05, 0.1) is 12.8 Å². The molecular weight excluding hydrogens is 342 g/mol. The molecule has 0 spiro atoms. The summed E-state index contributed by atoms with van der Waals surface area (Å²) >= 11 is 0. The third-order valence-corrected chi connectivity index (χ3v) is 5.18. The van der Waals surface area contributed by atoms with Crippen LogP contribution in [0.3, 0.4) is 0 Å². The lowest BCUT2D eigenvalue weighted by molar-refractivity contribution is -0.130. The second-order valence-electron chi connectivity index (χ2n) is 8.02. The van der Waals surface area contributed by atoms with Crippen LogP contribution in [0, 0.1) is 11.3 Å². The number of nitrogens with zero attached hydrogens (tertiary/aromatic N) is 2. The van der Waals surface area contributed by atoms with Crippen molar-refractivity contribution < 1.29 is 9.53 Å². The molecule has 7 heteroatoms. The van der Waals surface area contributed by atoms with Crippen LogP contribution in [0.25, 0.3) is 0 Å². The Kier molecular flexibility index (Phi) is 11.2. The molecule has 1 aromatic rings. The van der Waals surface area contributed by atoms with E-state index < -0.39 is 0 Å². The molecule has 0 saturated heterocycles. The van der Waals surface area contributed by atoms with Crippen LogP contribution in [-0.4, -0.2) is 68.5 Å². The predicted octanol–water partition coefficient (Wildman–Crippen LogP) is 2.03. The number of ether oxygens (including phenoxy) is 1. The van der Waals surface area contributed by atoms with E-state index in [0.717, 1.165) is 32.5 Å². The lowest BCUT2D eigenvalue weighted by atomic mass is 9.68. The Bertz CT molecular complexity index is 504. The molecule has 3 N–H and O–H groups in total. The van der Waals surface area contributed by atoms with Gasteiger partial charge in [-0.3, -0.25) is 9.89 Å². The van der Waals surface area contributed by atoms with E-state index in [2.05, 4.69) is 46.6 Å². The Hall–Kier alpha value is -1.44. The molecule has 1 aliphatic carbocycles.